The van der Waals surface area contributed by atoms with Crippen LogP contribution in [0.15, 0.2) is 30.3 Å². The molecule has 0 heterocycles. The summed E-state index contributed by atoms with van der Waals surface area (Å²) < 4.78 is 0. The van der Waals surface area contributed by atoms with Crippen molar-refractivity contribution in [3.05, 3.63) is 35.9 Å². The predicted octanol–water partition coefficient (Wildman–Crippen LogP) is 3.69. The first kappa shape index (κ1) is 14.3. The van der Waals surface area contributed by atoms with Gasteiger partial charge in [0, 0.05) is 6.54 Å². The highest BCUT2D eigenvalue weighted by Gasteiger charge is 2.03. The summed E-state index contributed by atoms with van der Waals surface area (Å²) in [5.41, 5.74) is 1.37. The number of hydrogen-bond donors (Lipinski definition) is 0. The molecule has 1 aromatic rings. The molecule has 0 aromatic heterocycles. The quantitative estimate of drug-likeness (QED) is 0.571. The summed E-state index contributed by atoms with van der Waals surface area (Å²) in [6.45, 7) is 5.21. The van der Waals surface area contributed by atoms with Crippen LogP contribution in [0.3, 0.4) is 0 Å². The first-order valence-electron chi connectivity index (χ1n) is 6.14. The Balaban J connectivity index is 2.50. The smallest absolute Gasteiger partial charge is 0.0645 e. The zero-order valence-electron chi connectivity index (χ0n) is 10.5. The fourth-order valence-electron chi connectivity index (χ4n) is 1.65. The molecule has 0 spiro atoms. The molecular formula is C15H20BrN. The standard InChI is InChI=1S/C15H20BrN/c1-2-3-12-17(13-8-7-11-16)14-15-9-5-4-6-10-15/h4-6,9-10H,2-3,11-14H2,1H3. The van der Waals surface area contributed by atoms with Crippen molar-refractivity contribution in [2.75, 3.05) is 18.4 Å². The molecule has 0 radical (unpaired) electrons. The van der Waals surface area contributed by atoms with Gasteiger partial charge in [0.2, 0.25) is 0 Å². The second-order valence-corrected chi connectivity index (χ2v) is 4.60. The van der Waals surface area contributed by atoms with Crippen LogP contribution < -0.4 is 0 Å². The molecule has 0 unspecified atom stereocenters. The molecule has 0 atom stereocenters. The number of alkyl halides is 1. The van der Waals surface area contributed by atoms with Crippen LogP contribution in [0.2, 0.25) is 0 Å². The van der Waals surface area contributed by atoms with Crippen LogP contribution in [0.4, 0.5) is 0 Å². The molecular weight excluding hydrogens is 274 g/mol. The Morgan fingerprint density at radius 3 is 2.59 bits per heavy atom. The van der Waals surface area contributed by atoms with Crippen LogP contribution in [0, 0.1) is 11.8 Å². The van der Waals surface area contributed by atoms with Crippen LogP contribution in [0.1, 0.15) is 25.3 Å². The van der Waals surface area contributed by atoms with Crippen LogP contribution >= 0.6 is 15.9 Å². The molecule has 0 amide bonds. The minimum absolute atomic E-state index is 0.764. The Labute approximate surface area is 113 Å². The van der Waals surface area contributed by atoms with E-state index in [0.717, 1.165) is 25.0 Å². The van der Waals surface area contributed by atoms with Gasteiger partial charge in [-0.1, -0.05) is 71.4 Å². The molecule has 1 aromatic carbocycles. The van der Waals surface area contributed by atoms with Crippen molar-refractivity contribution in [3.63, 3.8) is 0 Å². The molecule has 1 nitrogen and oxygen atoms in total. The third kappa shape index (κ3) is 6.51. The Kier molecular flexibility index (Phi) is 7.79. The molecule has 0 aliphatic rings. The van der Waals surface area contributed by atoms with Crippen molar-refractivity contribution in [2.45, 2.75) is 26.3 Å². The molecule has 1 rings (SSSR count). The second kappa shape index (κ2) is 9.27. The van der Waals surface area contributed by atoms with E-state index >= 15 is 0 Å². The summed E-state index contributed by atoms with van der Waals surface area (Å²) in [7, 11) is 0. The van der Waals surface area contributed by atoms with Crippen molar-refractivity contribution < 1.29 is 0 Å². The van der Waals surface area contributed by atoms with Crippen molar-refractivity contribution in [1.29, 1.82) is 0 Å². The molecule has 0 aliphatic carbocycles. The maximum absolute atomic E-state index is 3.33. The third-order valence-electron chi connectivity index (χ3n) is 2.57. The lowest BCUT2D eigenvalue weighted by Gasteiger charge is -2.19. The van der Waals surface area contributed by atoms with E-state index in [9.17, 15) is 0 Å². The monoisotopic (exact) mass is 293 g/mol. The number of rotatable bonds is 6. The van der Waals surface area contributed by atoms with Crippen molar-refractivity contribution in [1.82, 2.24) is 4.90 Å². The predicted molar refractivity (Wildman–Crippen MR) is 78.2 cm³/mol. The normalized spacial score (nSPS) is 10.1. The summed E-state index contributed by atoms with van der Waals surface area (Å²) in [5.74, 6) is 6.26. The van der Waals surface area contributed by atoms with Gasteiger partial charge >= 0.3 is 0 Å². The van der Waals surface area contributed by atoms with Crippen LogP contribution in [-0.2, 0) is 6.54 Å². The van der Waals surface area contributed by atoms with Gasteiger partial charge in [0.15, 0.2) is 0 Å². The highest BCUT2D eigenvalue weighted by Crippen LogP contribution is 2.05. The van der Waals surface area contributed by atoms with E-state index in [1.54, 1.807) is 0 Å². The lowest BCUT2D eigenvalue weighted by Crippen LogP contribution is -2.24. The van der Waals surface area contributed by atoms with E-state index in [-0.39, 0.29) is 0 Å². The Hall–Kier alpha value is -0.780. The van der Waals surface area contributed by atoms with Gasteiger partial charge in [-0.3, -0.25) is 4.90 Å². The van der Waals surface area contributed by atoms with Crippen molar-refractivity contribution in [2.24, 2.45) is 0 Å². The van der Waals surface area contributed by atoms with E-state index in [1.165, 1.54) is 18.4 Å². The Morgan fingerprint density at radius 2 is 1.94 bits per heavy atom. The molecule has 0 bridgehead atoms. The van der Waals surface area contributed by atoms with E-state index in [0.29, 0.717) is 0 Å². The fraction of sp³-hybridized carbons (Fsp3) is 0.467. The van der Waals surface area contributed by atoms with Crippen LogP contribution in [0.25, 0.3) is 0 Å². The number of hydrogen-bond acceptors (Lipinski definition) is 1. The zero-order valence-corrected chi connectivity index (χ0v) is 12.0. The number of unbranched alkanes of at least 4 members (excludes halogenated alkanes) is 1. The van der Waals surface area contributed by atoms with Gasteiger partial charge < -0.3 is 0 Å². The fourth-order valence-corrected chi connectivity index (χ4v) is 1.85. The van der Waals surface area contributed by atoms with E-state index in [2.05, 4.69) is 69.9 Å². The number of nitrogens with zero attached hydrogens (tertiary/aromatic N) is 1. The lowest BCUT2D eigenvalue weighted by molar-refractivity contribution is 0.294. The van der Waals surface area contributed by atoms with Crippen LogP contribution in [-0.4, -0.2) is 23.3 Å². The van der Waals surface area contributed by atoms with Gasteiger partial charge in [-0.15, -0.1) is 0 Å². The maximum atomic E-state index is 3.33. The average Bonchev–Trinajstić information content (AvgIpc) is 2.37. The maximum Gasteiger partial charge on any atom is 0.0645 e. The molecule has 0 aliphatic heterocycles. The number of halogens is 1. The van der Waals surface area contributed by atoms with E-state index < -0.39 is 0 Å². The van der Waals surface area contributed by atoms with Gasteiger partial charge in [0.25, 0.3) is 0 Å². The minimum Gasteiger partial charge on any atom is -0.288 e. The first-order chi connectivity index (χ1) is 8.36. The minimum atomic E-state index is 0.764. The molecule has 0 saturated carbocycles. The summed E-state index contributed by atoms with van der Waals surface area (Å²) in [4.78, 5) is 2.41. The molecule has 2 heteroatoms. The Morgan fingerprint density at radius 1 is 1.18 bits per heavy atom. The lowest BCUT2D eigenvalue weighted by atomic mass is 10.2. The highest BCUT2D eigenvalue weighted by atomic mass is 79.9. The number of benzene rings is 1. The van der Waals surface area contributed by atoms with Crippen molar-refractivity contribution >= 4 is 15.9 Å². The van der Waals surface area contributed by atoms with Gasteiger partial charge in [0.1, 0.15) is 0 Å². The molecule has 0 N–H and O–H groups in total. The van der Waals surface area contributed by atoms with E-state index in [1.807, 2.05) is 0 Å². The summed E-state index contributed by atoms with van der Waals surface area (Å²) in [5, 5.41) is 0.764. The first-order valence-corrected chi connectivity index (χ1v) is 7.27. The van der Waals surface area contributed by atoms with Crippen molar-refractivity contribution in [3.8, 4) is 11.8 Å². The van der Waals surface area contributed by atoms with Gasteiger partial charge in [-0.05, 0) is 18.5 Å². The molecule has 92 valence electrons. The van der Waals surface area contributed by atoms with E-state index in [4.69, 9.17) is 0 Å². The molecule has 0 fully saturated rings. The molecule has 17 heavy (non-hydrogen) atoms. The second-order valence-electron chi connectivity index (χ2n) is 4.04. The summed E-state index contributed by atoms with van der Waals surface area (Å²) >= 11 is 3.33. The Bertz CT molecular complexity index is 350. The SMILES string of the molecule is CCCCN(CC#CCBr)Cc1ccccc1. The average molecular weight is 294 g/mol. The summed E-state index contributed by atoms with van der Waals surface area (Å²) in [6.07, 6.45) is 2.47. The zero-order chi connectivity index (χ0) is 12.3. The van der Waals surface area contributed by atoms with Gasteiger partial charge in [-0.25, -0.2) is 0 Å². The largest absolute Gasteiger partial charge is 0.288 e. The third-order valence-corrected chi connectivity index (χ3v) is 2.85. The summed E-state index contributed by atoms with van der Waals surface area (Å²) in [6, 6.07) is 10.6. The topological polar surface area (TPSA) is 3.24 Å². The molecule has 0 saturated heterocycles. The van der Waals surface area contributed by atoms with Gasteiger partial charge in [-0.2, -0.15) is 0 Å². The van der Waals surface area contributed by atoms with Gasteiger partial charge in [0.05, 0.1) is 11.9 Å². The van der Waals surface area contributed by atoms with Crippen LogP contribution in [0.5, 0.6) is 0 Å². The highest BCUT2D eigenvalue weighted by molar-refractivity contribution is 9.09.